The lowest BCUT2D eigenvalue weighted by Gasteiger charge is -2.19. The fraction of sp³-hybridized carbons (Fsp3) is 0.150. The molecule has 0 spiro atoms. The number of methoxy groups -OCH3 is 1. The molecular weight excluding hydrogens is 286 g/mol. The molecule has 0 heterocycles. The van der Waals surface area contributed by atoms with Gasteiger partial charge >= 0.3 is 0 Å². The molecule has 3 heteroatoms. The van der Waals surface area contributed by atoms with E-state index in [0.29, 0.717) is 17.9 Å². The monoisotopic (exact) mass is 305 g/mol. The van der Waals surface area contributed by atoms with Crippen molar-refractivity contribution in [3.8, 4) is 5.75 Å². The molecule has 0 aliphatic rings. The SMILES string of the molecule is COc1cc2ccccc2cc1C(=O)N(C)Cc1ccccc1. The molecule has 1 amide bonds. The van der Waals surface area contributed by atoms with Gasteiger partial charge in [0, 0.05) is 13.6 Å². The number of carbonyl (C=O) groups excluding carboxylic acids is 1. The maximum absolute atomic E-state index is 12.8. The number of hydrogen-bond donors (Lipinski definition) is 0. The summed E-state index contributed by atoms with van der Waals surface area (Å²) in [6, 6.07) is 21.7. The number of benzene rings is 3. The van der Waals surface area contributed by atoms with E-state index >= 15 is 0 Å². The fourth-order valence-electron chi connectivity index (χ4n) is 2.69. The summed E-state index contributed by atoms with van der Waals surface area (Å²) in [5, 5.41) is 2.09. The van der Waals surface area contributed by atoms with Gasteiger partial charge in [0.05, 0.1) is 12.7 Å². The van der Waals surface area contributed by atoms with Crippen LogP contribution in [0.25, 0.3) is 10.8 Å². The third-order valence-corrected chi connectivity index (χ3v) is 3.91. The summed E-state index contributed by atoms with van der Waals surface area (Å²) >= 11 is 0. The zero-order valence-corrected chi connectivity index (χ0v) is 13.3. The lowest BCUT2D eigenvalue weighted by molar-refractivity contribution is 0.0782. The molecule has 3 aromatic rings. The molecule has 3 nitrogen and oxygen atoms in total. The Morgan fingerprint density at radius 2 is 1.57 bits per heavy atom. The Bertz CT molecular complexity index is 827. The Balaban J connectivity index is 1.93. The number of carbonyl (C=O) groups is 1. The number of nitrogens with zero attached hydrogens (tertiary/aromatic N) is 1. The van der Waals surface area contributed by atoms with Crippen LogP contribution in [-0.4, -0.2) is 25.0 Å². The summed E-state index contributed by atoms with van der Waals surface area (Å²) in [5.41, 5.74) is 1.69. The predicted octanol–water partition coefficient (Wildman–Crippen LogP) is 4.12. The minimum Gasteiger partial charge on any atom is -0.496 e. The largest absolute Gasteiger partial charge is 0.496 e. The molecule has 3 aromatic carbocycles. The van der Waals surface area contributed by atoms with Gasteiger partial charge in [-0.25, -0.2) is 0 Å². The normalized spacial score (nSPS) is 10.5. The van der Waals surface area contributed by atoms with E-state index in [0.717, 1.165) is 16.3 Å². The van der Waals surface area contributed by atoms with Gasteiger partial charge in [0.15, 0.2) is 0 Å². The first-order valence-electron chi connectivity index (χ1n) is 7.55. The zero-order valence-electron chi connectivity index (χ0n) is 13.3. The first kappa shape index (κ1) is 15.1. The van der Waals surface area contributed by atoms with Crippen LogP contribution in [0.2, 0.25) is 0 Å². The second-order valence-corrected chi connectivity index (χ2v) is 5.55. The van der Waals surface area contributed by atoms with Gasteiger partial charge in [-0.2, -0.15) is 0 Å². The number of rotatable bonds is 4. The lowest BCUT2D eigenvalue weighted by Crippen LogP contribution is -2.26. The quantitative estimate of drug-likeness (QED) is 0.725. The van der Waals surface area contributed by atoms with Gasteiger partial charge in [-0.1, -0.05) is 54.6 Å². The van der Waals surface area contributed by atoms with Crippen molar-refractivity contribution in [1.29, 1.82) is 0 Å². The molecule has 0 aliphatic carbocycles. The first-order valence-corrected chi connectivity index (χ1v) is 7.55. The molecule has 0 saturated heterocycles. The number of hydrogen-bond acceptors (Lipinski definition) is 2. The highest BCUT2D eigenvalue weighted by Crippen LogP contribution is 2.27. The highest BCUT2D eigenvalue weighted by molar-refractivity contribution is 6.01. The van der Waals surface area contributed by atoms with Crippen molar-refractivity contribution in [2.75, 3.05) is 14.2 Å². The van der Waals surface area contributed by atoms with Crippen LogP contribution in [0.3, 0.4) is 0 Å². The Kier molecular flexibility index (Phi) is 4.29. The molecule has 23 heavy (non-hydrogen) atoms. The Hall–Kier alpha value is -2.81. The molecular formula is C20H19NO2. The summed E-state index contributed by atoms with van der Waals surface area (Å²) in [6.07, 6.45) is 0. The smallest absolute Gasteiger partial charge is 0.257 e. The van der Waals surface area contributed by atoms with Gasteiger partial charge < -0.3 is 9.64 Å². The highest BCUT2D eigenvalue weighted by atomic mass is 16.5. The summed E-state index contributed by atoms with van der Waals surface area (Å²) in [4.78, 5) is 14.5. The van der Waals surface area contributed by atoms with Crippen LogP contribution in [0, 0.1) is 0 Å². The molecule has 0 N–H and O–H groups in total. The summed E-state index contributed by atoms with van der Waals surface area (Å²) in [5.74, 6) is 0.560. The van der Waals surface area contributed by atoms with Crippen LogP contribution in [0.5, 0.6) is 5.75 Å². The molecule has 0 bridgehead atoms. The third-order valence-electron chi connectivity index (χ3n) is 3.91. The zero-order chi connectivity index (χ0) is 16.2. The minimum atomic E-state index is -0.0449. The first-order chi connectivity index (χ1) is 11.2. The van der Waals surface area contributed by atoms with E-state index in [1.165, 1.54) is 0 Å². The van der Waals surface area contributed by atoms with Crippen molar-refractivity contribution in [2.45, 2.75) is 6.54 Å². The lowest BCUT2D eigenvalue weighted by atomic mass is 10.0. The number of fused-ring (bicyclic) bond motifs is 1. The van der Waals surface area contributed by atoms with E-state index in [9.17, 15) is 4.79 Å². The molecule has 116 valence electrons. The average molecular weight is 305 g/mol. The molecule has 0 fully saturated rings. The average Bonchev–Trinajstić information content (AvgIpc) is 2.60. The van der Waals surface area contributed by atoms with Crippen molar-refractivity contribution in [3.63, 3.8) is 0 Å². The fourth-order valence-corrected chi connectivity index (χ4v) is 2.69. The van der Waals surface area contributed by atoms with Crippen LogP contribution >= 0.6 is 0 Å². The Morgan fingerprint density at radius 1 is 0.957 bits per heavy atom. The van der Waals surface area contributed by atoms with E-state index in [-0.39, 0.29) is 5.91 Å². The molecule has 0 unspecified atom stereocenters. The van der Waals surface area contributed by atoms with Crippen molar-refractivity contribution in [3.05, 3.63) is 77.9 Å². The molecule has 0 radical (unpaired) electrons. The van der Waals surface area contributed by atoms with E-state index in [1.54, 1.807) is 12.0 Å². The second-order valence-electron chi connectivity index (χ2n) is 5.55. The van der Waals surface area contributed by atoms with Gasteiger partial charge in [0.1, 0.15) is 5.75 Å². The standard InChI is InChI=1S/C20H19NO2/c1-21(14-15-8-4-3-5-9-15)20(22)18-12-16-10-6-7-11-17(16)13-19(18)23-2/h3-13H,14H2,1-2H3. The highest BCUT2D eigenvalue weighted by Gasteiger charge is 2.17. The topological polar surface area (TPSA) is 29.5 Å². The predicted molar refractivity (Wildman–Crippen MR) is 92.7 cm³/mol. The minimum absolute atomic E-state index is 0.0449. The third kappa shape index (κ3) is 3.19. The van der Waals surface area contributed by atoms with Crippen molar-refractivity contribution in [2.24, 2.45) is 0 Å². The van der Waals surface area contributed by atoms with Gasteiger partial charge in [-0.15, -0.1) is 0 Å². The van der Waals surface area contributed by atoms with Crippen LogP contribution in [-0.2, 0) is 6.54 Å². The van der Waals surface area contributed by atoms with Crippen LogP contribution < -0.4 is 4.74 Å². The van der Waals surface area contributed by atoms with E-state index in [2.05, 4.69) is 0 Å². The Morgan fingerprint density at radius 3 is 2.22 bits per heavy atom. The van der Waals surface area contributed by atoms with Gasteiger partial charge in [0.25, 0.3) is 5.91 Å². The van der Waals surface area contributed by atoms with Crippen molar-refractivity contribution >= 4 is 16.7 Å². The Labute approximate surface area is 136 Å². The molecule has 0 aliphatic heterocycles. The summed E-state index contributed by atoms with van der Waals surface area (Å²) in [6.45, 7) is 0.565. The van der Waals surface area contributed by atoms with Crippen LogP contribution in [0.1, 0.15) is 15.9 Å². The van der Waals surface area contributed by atoms with Crippen LogP contribution in [0.4, 0.5) is 0 Å². The van der Waals surface area contributed by atoms with Gasteiger partial charge in [-0.3, -0.25) is 4.79 Å². The summed E-state index contributed by atoms with van der Waals surface area (Å²) < 4.78 is 5.43. The summed E-state index contributed by atoms with van der Waals surface area (Å²) in [7, 11) is 3.40. The van der Waals surface area contributed by atoms with Gasteiger partial charge in [0.2, 0.25) is 0 Å². The number of amides is 1. The second kappa shape index (κ2) is 6.53. The van der Waals surface area contributed by atoms with E-state index < -0.39 is 0 Å². The maximum Gasteiger partial charge on any atom is 0.257 e. The van der Waals surface area contributed by atoms with E-state index in [1.807, 2.05) is 73.8 Å². The van der Waals surface area contributed by atoms with Crippen molar-refractivity contribution in [1.82, 2.24) is 4.90 Å². The van der Waals surface area contributed by atoms with Gasteiger partial charge in [-0.05, 0) is 28.5 Å². The number of ether oxygens (including phenoxy) is 1. The maximum atomic E-state index is 12.8. The molecule has 0 atom stereocenters. The van der Waals surface area contributed by atoms with Crippen molar-refractivity contribution < 1.29 is 9.53 Å². The van der Waals surface area contributed by atoms with Crippen LogP contribution in [0.15, 0.2) is 66.7 Å². The molecule has 3 rings (SSSR count). The molecule has 0 saturated carbocycles. The molecule has 0 aromatic heterocycles. The van der Waals surface area contributed by atoms with E-state index in [4.69, 9.17) is 4.74 Å².